The van der Waals surface area contributed by atoms with Crippen molar-refractivity contribution in [3.05, 3.63) is 59.8 Å². The molecule has 1 unspecified atom stereocenters. The summed E-state index contributed by atoms with van der Waals surface area (Å²) in [4.78, 5) is 8.25. The van der Waals surface area contributed by atoms with Crippen molar-refractivity contribution >= 4 is 22.3 Å². The maximum Gasteiger partial charge on any atom is 0.227 e. The van der Waals surface area contributed by atoms with Crippen LogP contribution in [0.5, 0.6) is 11.5 Å². The van der Waals surface area contributed by atoms with Crippen molar-refractivity contribution in [1.82, 2.24) is 9.97 Å². The summed E-state index contributed by atoms with van der Waals surface area (Å²) in [5.74, 6) is 0.270. The van der Waals surface area contributed by atoms with E-state index in [9.17, 15) is 8.78 Å². The maximum atomic E-state index is 14.5. The van der Waals surface area contributed by atoms with Crippen LogP contribution in [0.25, 0.3) is 11.3 Å². The quantitative estimate of drug-likeness (QED) is 0.523. The van der Waals surface area contributed by atoms with Crippen LogP contribution >= 0.6 is 0 Å². The topological polar surface area (TPSA) is 92.4 Å². The molecule has 0 saturated heterocycles. The summed E-state index contributed by atoms with van der Waals surface area (Å²) in [6.07, 6.45) is 4.71. The molecule has 1 heterocycles. The van der Waals surface area contributed by atoms with Crippen LogP contribution in [0.15, 0.2) is 47.0 Å². The molecule has 0 radical (unpaired) electrons. The number of nitrogens with one attached hydrogen (secondary N) is 1. The third-order valence-corrected chi connectivity index (χ3v) is 5.34. The van der Waals surface area contributed by atoms with Gasteiger partial charge in [-0.15, -0.1) is 0 Å². The van der Waals surface area contributed by atoms with Gasteiger partial charge < -0.3 is 14.8 Å². The predicted molar refractivity (Wildman–Crippen MR) is 117 cm³/mol. The molecule has 0 fully saturated rings. The Morgan fingerprint density at radius 3 is 2.71 bits per heavy atom. The standard InChI is InChI=1S/C21H19F2N5O2S.H2/c1-29-16-7-13(11-31(3)26-12-24)6-15(9-16)27-21-25-10-18(23)20(28-21)17-5-4-14(22)8-19(17)30-2;/h4-10H,11H2,1-3H3,(H,25,27,28);1H. The fourth-order valence-corrected chi connectivity index (χ4v) is 3.74. The van der Waals surface area contributed by atoms with Gasteiger partial charge in [0.15, 0.2) is 5.82 Å². The second-order valence-corrected chi connectivity index (χ2v) is 8.04. The molecule has 1 N–H and O–H groups in total. The molecule has 0 aliphatic rings. The predicted octanol–water partition coefficient (Wildman–Crippen LogP) is 4.84. The highest BCUT2D eigenvalue weighted by molar-refractivity contribution is 7.85. The minimum absolute atomic E-state index is 0. The molecule has 0 aliphatic heterocycles. The van der Waals surface area contributed by atoms with E-state index in [1.54, 1.807) is 13.2 Å². The molecular formula is C21H21F2N5O2S. The summed E-state index contributed by atoms with van der Waals surface area (Å²) in [5.41, 5.74) is 1.79. The summed E-state index contributed by atoms with van der Waals surface area (Å²) in [5, 5.41) is 11.8. The van der Waals surface area contributed by atoms with Crippen molar-refractivity contribution < 1.29 is 19.7 Å². The minimum Gasteiger partial charge on any atom is -0.497 e. The normalized spacial score (nSPS) is 11.6. The lowest BCUT2D eigenvalue weighted by Gasteiger charge is -2.12. The van der Waals surface area contributed by atoms with E-state index in [1.165, 1.54) is 19.2 Å². The number of hydrogen-bond donors (Lipinski definition) is 1. The lowest BCUT2D eigenvalue weighted by atomic mass is 10.1. The minimum atomic E-state index is -0.671. The van der Waals surface area contributed by atoms with E-state index < -0.39 is 22.3 Å². The Labute approximate surface area is 182 Å². The molecule has 3 aromatic rings. The Kier molecular flexibility index (Phi) is 7.10. The monoisotopic (exact) mass is 445 g/mol. The van der Waals surface area contributed by atoms with Crippen molar-refractivity contribution in [3.8, 4) is 28.9 Å². The fourth-order valence-electron chi connectivity index (χ4n) is 2.88. The van der Waals surface area contributed by atoms with E-state index in [4.69, 9.17) is 14.7 Å². The first kappa shape index (κ1) is 22.1. The van der Waals surface area contributed by atoms with Crippen LogP contribution in [0.4, 0.5) is 20.4 Å². The smallest absolute Gasteiger partial charge is 0.227 e. The molecule has 3 rings (SSSR count). The maximum absolute atomic E-state index is 14.5. The summed E-state index contributed by atoms with van der Waals surface area (Å²) < 4.78 is 42.3. The first-order valence-electron chi connectivity index (χ1n) is 8.97. The molecular weight excluding hydrogens is 424 g/mol. The highest BCUT2D eigenvalue weighted by Gasteiger charge is 2.15. The molecule has 1 atom stereocenters. The lowest BCUT2D eigenvalue weighted by molar-refractivity contribution is 0.412. The van der Waals surface area contributed by atoms with Gasteiger partial charge in [0.05, 0.1) is 20.4 Å². The van der Waals surface area contributed by atoms with E-state index in [-0.39, 0.29) is 18.8 Å². The average Bonchev–Trinajstić information content (AvgIpc) is 2.75. The van der Waals surface area contributed by atoms with Crippen LogP contribution in [-0.2, 0) is 16.4 Å². The van der Waals surface area contributed by atoms with Gasteiger partial charge in [0, 0.05) is 30.6 Å². The molecule has 2 aromatic carbocycles. The molecule has 1 aromatic heterocycles. The number of nitrogens with zero attached hydrogens (tertiary/aromatic N) is 4. The lowest BCUT2D eigenvalue weighted by Crippen LogP contribution is -2.03. The van der Waals surface area contributed by atoms with Crippen LogP contribution in [0.2, 0.25) is 0 Å². The third kappa shape index (κ3) is 5.52. The van der Waals surface area contributed by atoms with E-state index in [2.05, 4.69) is 19.6 Å². The van der Waals surface area contributed by atoms with Gasteiger partial charge in [-0.2, -0.15) is 9.62 Å². The van der Waals surface area contributed by atoms with Crippen molar-refractivity contribution in [3.63, 3.8) is 0 Å². The molecule has 0 bridgehead atoms. The number of ether oxygens (including phenoxy) is 2. The molecule has 10 heteroatoms. The molecule has 162 valence electrons. The highest BCUT2D eigenvalue weighted by atomic mass is 32.2. The van der Waals surface area contributed by atoms with Gasteiger partial charge in [0.25, 0.3) is 0 Å². The van der Waals surface area contributed by atoms with Crippen LogP contribution in [0.3, 0.4) is 0 Å². The Bertz CT molecular complexity index is 1190. The molecule has 31 heavy (non-hydrogen) atoms. The van der Waals surface area contributed by atoms with Gasteiger partial charge in [-0.3, -0.25) is 0 Å². The number of rotatable bonds is 7. The Balaban J connectivity index is 0.00000363. The SMILES string of the molecule is COc1cc(CS(C)=NC#N)cc(Nc2ncc(F)c(-c3ccc(F)cc3OC)n2)c1.[HH]. The molecule has 0 amide bonds. The number of methoxy groups -OCH3 is 2. The molecule has 0 spiro atoms. The van der Waals surface area contributed by atoms with Gasteiger partial charge >= 0.3 is 0 Å². The van der Waals surface area contributed by atoms with E-state index in [0.29, 0.717) is 22.8 Å². The van der Waals surface area contributed by atoms with Crippen molar-refractivity contribution in [2.45, 2.75) is 5.75 Å². The van der Waals surface area contributed by atoms with Gasteiger partial charge in [0.1, 0.15) is 23.0 Å². The summed E-state index contributed by atoms with van der Waals surface area (Å²) in [6, 6.07) is 9.20. The molecule has 0 aliphatic carbocycles. The Hall–Kier alpha value is -3.58. The van der Waals surface area contributed by atoms with E-state index in [1.807, 2.05) is 24.6 Å². The number of anilines is 2. The largest absolute Gasteiger partial charge is 0.497 e. The zero-order valence-corrected chi connectivity index (χ0v) is 17.8. The van der Waals surface area contributed by atoms with Crippen molar-refractivity contribution in [2.24, 2.45) is 4.36 Å². The van der Waals surface area contributed by atoms with Crippen LogP contribution in [0.1, 0.15) is 6.99 Å². The fraction of sp³-hybridized carbons (Fsp3) is 0.190. The second kappa shape index (κ2) is 9.95. The van der Waals surface area contributed by atoms with Crippen molar-refractivity contribution in [1.29, 1.82) is 5.26 Å². The zero-order valence-electron chi connectivity index (χ0n) is 17.0. The first-order valence-corrected chi connectivity index (χ1v) is 10.7. The Morgan fingerprint density at radius 2 is 2.00 bits per heavy atom. The number of halogens is 2. The first-order chi connectivity index (χ1) is 14.9. The Morgan fingerprint density at radius 1 is 1.19 bits per heavy atom. The number of benzene rings is 2. The van der Waals surface area contributed by atoms with Crippen molar-refractivity contribution in [2.75, 3.05) is 25.8 Å². The molecule has 7 nitrogen and oxygen atoms in total. The number of hydrogen-bond acceptors (Lipinski definition) is 7. The highest BCUT2D eigenvalue weighted by Crippen LogP contribution is 2.32. The van der Waals surface area contributed by atoms with E-state index >= 15 is 0 Å². The van der Waals surface area contributed by atoms with Crippen LogP contribution in [0, 0.1) is 23.1 Å². The van der Waals surface area contributed by atoms with Gasteiger partial charge in [0.2, 0.25) is 12.1 Å². The average molecular weight is 445 g/mol. The summed E-state index contributed by atoms with van der Waals surface area (Å²) in [6.45, 7) is 0. The van der Waals surface area contributed by atoms with Gasteiger partial charge in [-0.1, -0.05) is 10.7 Å². The molecule has 0 saturated carbocycles. The summed E-state index contributed by atoms with van der Waals surface area (Å²) >= 11 is 0. The van der Waals surface area contributed by atoms with E-state index in [0.717, 1.165) is 17.8 Å². The van der Waals surface area contributed by atoms with Gasteiger partial charge in [-0.25, -0.2) is 18.7 Å². The van der Waals surface area contributed by atoms with Crippen LogP contribution < -0.4 is 14.8 Å². The summed E-state index contributed by atoms with van der Waals surface area (Å²) in [7, 11) is 2.44. The number of nitriles is 1. The second-order valence-electron chi connectivity index (χ2n) is 6.37. The zero-order chi connectivity index (χ0) is 22.4. The number of aromatic nitrogens is 2. The van der Waals surface area contributed by atoms with Gasteiger partial charge in [-0.05, 0) is 36.1 Å². The van der Waals surface area contributed by atoms with Crippen LogP contribution in [-0.4, -0.2) is 30.4 Å². The third-order valence-electron chi connectivity index (χ3n) is 4.19.